The maximum absolute atomic E-state index is 6.23. The largest absolute Gasteiger partial charge is 0.323 e. The number of benzene rings is 1. The van der Waals surface area contributed by atoms with Crippen molar-refractivity contribution in [2.24, 2.45) is 5.73 Å². The smallest absolute Gasteiger partial charge is 0.0453 e. The summed E-state index contributed by atoms with van der Waals surface area (Å²) in [6.07, 6.45) is 1.71. The van der Waals surface area contributed by atoms with Crippen LogP contribution in [0, 0.1) is 0 Å². The van der Waals surface area contributed by atoms with Crippen molar-refractivity contribution in [3.63, 3.8) is 0 Å². The van der Waals surface area contributed by atoms with E-state index in [4.69, 9.17) is 28.9 Å². The molecule has 0 bridgehead atoms. The second-order valence-electron chi connectivity index (χ2n) is 4.17. The Morgan fingerprint density at radius 3 is 2.39 bits per heavy atom. The first-order chi connectivity index (χ1) is 8.61. The summed E-state index contributed by atoms with van der Waals surface area (Å²) in [6, 6.07) is 9.73. The Morgan fingerprint density at radius 2 is 1.83 bits per heavy atom. The first kappa shape index (κ1) is 13.9. The molecule has 2 aromatic rings. The van der Waals surface area contributed by atoms with E-state index in [1.54, 1.807) is 11.3 Å². The SMILES string of the molecule is CCc1ccc(C(N)Cc2c(Cl)cccc2Cl)s1. The van der Waals surface area contributed by atoms with Crippen LogP contribution in [0.25, 0.3) is 0 Å². The van der Waals surface area contributed by atoms with E-state index < -0.39 is 0 Å². The predicted molar refractivity (Wildman–Crippen MR) is 80.8 cm³/mol. The lowest BCUT2D eigenvalue weighted by molar-refractivity contribution is 0.737. The summed E-state index contributed by atoms with van der Waals surface area (Å²) in [5.74, 6) is 0. The molecule has 4 heteroatoms. The molecule has 2 rings (SSSR count). The van der Waals surface area contributed by atoms with Gasteiger partial charge >= 0.3 is 0 Å². The van der Waals surface area contributed by atoms with E-state index in [1.807, 2.05) is 18.2 Å². The molecule has 1 atom stereocenters. The molecule has 18 heavy (non-hydrogen) atoms. The van der Waals surface area contributed by atoms with Gasteiger partial charge in [0.15, 0.2) is 0 Å². The molecule has 0 radical (unpaired) electrons. The molecular formula is C14H15Cl2NS. The number of halogens is 2. The summed E-state index contributed by atoms with van der Waals surface area (Å²) in [5, 5.41) is 1.37. The van der Waals surface area contributed by atoms with Crippen molar-refractivity contribution in [3.05, 3.63) is 55.7 Å². The lowest BCUT2D eigenvalue weighted by Gasteiger charge is -2.12. The number of thiophene rings is 1. The molecule has 1 heterocycles. The van der Waals surface area contributed by atoms with E-state index in [9.17, 15) is 0 Å². The summed E-state index contributed by atoms with van der Waals surface area (Å²) in [6.45, 7) is 2.14. The molecule has 1 nitrogen and oxygen atoms in total. The molecule has 1 aromatic heterocycles. The summed E-state index contributed by atoms with van der Waals surface area (Å²) < 4.78 is 0. The summed E-state index contributed by atoms with van der Waals surface area (Å²) in [4.78, 5) is 2.54. The van der Waals surface area contributed by atoms with Crippen LogP contribution < -0.4 is 5.73 Å². The van der Waals surface area contributed by atoms with Crippen molar-refractivity contribution in [3.8, 4) is 0 Å². The Kier molecular flexibility index (Phi) is 4.68. The number of hydrogen-bond donors (Lipinski definition) is 1. The van der Waals surface area contributed by atoms with Crippen LogP contribution in [0.4, 0.5) is 0 Å². The monoisotopic (exact) mass is 299 g/mol. The first-order valence-corrected chi connectivity index (χ1v) is 7.46. The van der Waals surface area contributed by atoms with Gasteiger partial charge in [-0.1, -0.05) is 36.2 Å². The minimum Gasteiger partial charge on any atom is -0.323 e. The normalized spacial score (nSPS) is 12.7. The van der Waals surface area contributed by atoms with Gasteiger partial charge in [0, 0.05) is 25.8 Å². The molecule has 0 saturated heterocycles. The highest BCUT2D eigenvalue weighted by Gasteiger charge is 2.14. The Hall–Kier alpha value is -0.540. The molecule has 0 aliphatic carbocycles. The summed E-state index contributed by atoms with van der Waals surface area (Å²) >= 11 is 14.1. The van der Waals surface area contributed by atoms with E-state index in [1.165, 1.54) is 9.75 Å². The maximum Gasteiger partial charge on any atom is 0.0453 e. The van der Waals surface area contributed by atoms with Gasteiger partial charge in [-0.05, 0) is 42.7 Å². The predicted octanol–water partition coefficient (Wildman–Crippen LogP) is 4.86. The number of rotatable bonds is 4. The molecule has 0 fully saturated rings. The summed E-state index contributed by atoms with van der Waals surface area (Å²) in [5.41, 5.74) is 7.16. The van der Waals surface area contributed by atoms with Crippen molar-refractivity contribution in [1.29, 1.82) is 0 Å². The third-order valence-electron chi connectivity index (χ3n) is 2.88. The Bertz CT molecular complexity index is 516. The first-order valence-electron chi connectivity index (χ1n) is 5.89. The van der Waals surface area contributed by atoms with Crippen LogP contribution in [0.15, 0.2) is 30.3 Å². The number of aryl methyl sites for hydroxylation is 1. The molecule has 0 aliphatic rings. The molecule has 0 saturated carbocycles. The maximum atomic E-state index is 6.23. The van der Waals surface area contributed by atoms with Gasteiger partial charge in [0.1, 0.15) is 0 Å². The minimum absolute atomic E-state index is 0.0484. The number of hydrogen-bond acceptors (Lipinski definition) is 2. The number of nitrogens with two attached hydrogens (primary N) is 1. The van der Waals surface area contributed by atoms with Crippen LogP contribution >= 0.6 is 34.5 Å². The molecule has 0 aliphatic heterocycles. The third kappa shape index (κ3) is 3.07. The van der Waals surface area contributed by atoms with E-state index in [0.717, 1.165) is 12.0 Å². The van der Waals surface area contributed by atoms with Crippen molar-refractivity contribution >= 4 is 34.5 Å². The van der Waals surface area contributed by atoms with E-state index in [0.29, 0.717) is 16.5 Å². The Morgan fingerprint density at radius 1 is 1.17 bits per heavy atom. The van der Waals surface area contributed by atoms with Crippen molar-refractivity contribution in [2.75, 3.05) is 0 Å². The topological polar surface area (TPSA) is 26.0 Å². The van der Waals surface area contributed by atoms with E-state index in [-0.39, 0.29) is 6.04 Å². The highest BCUT2D eigenvalue weighted by Crippen LogP contribution is 2.30. The van der Waals surface area contributed by atoms with Gasteiger partial charge in [-0.25, -0.2) is 0 Å². The van der Waals surface area contributed by atoms with Gasteiger partial charge in [-0.15, -0.1) is 11.3 Å². The Labute approximate surface area is 122 Å². The molecule has 2 N–H and O–H groups in total. The zero-order valence-corrected chi connectivity index (χ0v) is 12.4. The quantitative estimate of drug-likeness (QED) is 0.857. The van der Waals surface area contributed by atoms with Crippen LogP contribution in [-0.2, 0) is 12.8 Å². The zero-order chi connectivity index (χ0) is 13.1. The molecule has 96 valence electrons. The molecular weight excluding hydrogens is 285 g/mol. The van der Waals surface area contributed by atoms with Crippen LogP contribution in [0.3, 0.4) is 0 Å². The average Bonchev–Trinajstić information content (AvgIpc) is 2.82. The van der Waals surface area contributed by atoms with E-state index >= 15 is 0 Å². The lowest BCUT2D eigenvalue weighted by atomic mass is 10.1. The minimum atomic E-state index is -0.0484. The lowest BCUT2D eigenvalue weighted by Crippen LogP contribution is -2.12. The fourth-order valence-electron chi connectivity index (χ4n) is 1.83. The molecule has 1 aromatic carbocycles. The fraction of sp³-hybridized carbons (Fsp3) is 0.286. The summed E-state index contributed by atoms with van der Waals surface area (Å²) in [7, 11) is 0. The van der Waals surface area contributed by atoms with Crippen LogP contribution in [0.1, 0.15) is 28.3 Å². The molecule has 1 unspecified atom stereocenters. The highest BCUT2D eigenvalue weighted by molar-refractivity contribution is 7.12. The zero-order valence-electron chi connectivity index (χ0n) is 10.1. The van der Waals surface area contributed by atoms with Crippen LogP contribution in [-0.4, -0.2) is 0 Å². The van der Waals surface area contributed by atoms with Crippen molar-refractivity contribution < 1.29 is 0 Å². The van der Waals surface area contributed by atoms with Crippen molar-refractivity contribution in [2.45, 2.75) is 25.8 Å². The van der Waals surface area contributed by atoms with Crippen LogP contribution in [0.5, 0.6) is 0 Å². The van der Waals surface area contributed by atoms with Crippen molar-refractivity contribution in [1.82, 2.24) is 0 Å². The van der Waals surface area contributed by atoms with Crippen LogP contribution in [0.2, 0.25) is 10.0 Å². The fourth-order valence-corrected chi connectivity index (χ4v) is 3.34. The van der Waals surface area contributed by atoms with E-state index in [2.05, 4.69) is 19.1 Å². The average molecular weight is 300 g/mol. The van der Waals surface area contributed by atoms with Gasteiger partial charge in [-0.3, -0.25) is 0 Å². The Balaban J connectivity index is 2.18. The molecule has 0 spiro atoms. The highest BCUT2D eigenvalue weighted by atomic mass is 35.5. The third-order valence-corrected chi connectivity index (χ3v) is 4.95. The van der Waals surface area contributed by atoms with Gasteiger partial charge in [-0.2, -0.15) is 0 Å². The van der Waals surface area contributed by atoms with Gasteiger partial charge in [0.25, 0.3) is 0 Å². The second-order valence-corrected chi connectivity index (χ2v) is 6.18. The standard InChI is InChI=1S/C14H15Cl2NS/c1-2-9-6-7-14(18-9)13(17)8-10-11(15)4-3-5-12(10)16/h3-7,13H,2,8,17H2,1H3. The van der Waals surface area contributed by atoms with Gasteiger partial charge in [0.2, 0.25) is 0 Å². The second kappa shape index (κ2) is 6.07. The molecule has 0 amide bonds. The van der Waals surface area contributed by atoms with Gasteiger partial charge in [0.05, 0.1) is 0 Å². The van der Waals surface area contributed by atoms with Gasteiger partial charge < -0.3 is 5.73 Å².